The van der Waals surface area contributed by atoms with Crippen molar-refractivity contribution in [1.29, 1.82) is 0 Å². The van der Waals surface area contributed by atoms with Gasteiger partial charge < -0.3 is 14.6 Å². The number of ketones is 1. The Morgan fingerprint density at radius 3 is 2.33 bits per heavy atom. The van der Waals surface area contributed by atoms with E-state index in [0.717, 1.165) is 5.57 Å². The van der Waals surface area contributed by atoms with E-state index in [0.29, 0.717) is 22.5 Å². The number of rotatable bonds is 6. The highest BCUT2D eigenvalue weighted by molar-refractivity contribution is 6.06. The molecule has 1 N–H and O–H groups in total. The molecule has 0 saturated heterocycles. The topological polar surface area (TPSA) is 72.8 Å². The van der Waals surface area contributed by atoms with Crippen molar-refractivity contribution in [3.05, 3.63) is 64.3 Å². The van der Waals surface area contributed by atoms with Gasteiger partial charge in [-0.1, -0.05) is 23.8 Å². The second-order valence-electron chi connectivity index (χ2n) is 6.91. The van der Waals surface area contributed by atoms with Crippen LogP contribution >= 0.6 is 0 Å². The molecule has 0 fully saturated rings. The molecule has 0 bridgehead atoms. The number of methoxy groups -OCH3 is 2. The van der Waals surface area contributed by atoms with Crippen molar-refractivity contribution >= 4 is 11.8 Å². The molecule has 0 spiro atoms. The Balaban J connectivity index is 2.49. The zero-order chi connectivity index (χ0) is 20.4. The number of carbonyl (C=O) groups excluding carboxylic acids is 1. The summed E-state index contributed by atoms with van der Waals surface area (Å²) in [6.45, 7) is 7.40. The Morgan fingerprint density at radius 2 is 1.78 bits per heavy atom. The van der Waals surface area contributed by atoms with Gasteiger partial charge in [0.05, 0.1) is 24.4 Å². The van der Waals surface area contributed by atoms with Crippen molar-refractivity contribution in [2.45, 2.75) is 33.8 Å². The van der Waals surface area contributed by atoms with Gasteiger partial charge in [0.15, 0.2) is 5.78 Å². The molecular formula is C22H26O5. The minimum atomic E-state index is -0.970. The summed E-state index contributed by atoms with van der Waals surface area (Å²) >= 11 is 0. The molecular weight excluding hydrogens is 344 g/mol. The molecule has 1 aromatic rings. The van der Waals surface area contributed by atoms with Crippen LogP contribution in [0.1, 0.15) is 38.1 Å². The zero-order valence-electron chi connectivity index (χ0n) is 16.6. The van der Waals surface area contributed by atoms with Crippen LogP contribution in [0.5, 0.6) is 5.75 Å². The summed E-state index contributed by atoms with van der Waals surface area (Å²) in [4.78, 5) is 24.4. The first-order valence-corrected chi connectivity index (χ1v) is 8.70. The van der Waals surface area contributed by atoms with E-state index in [1.807, 2.05) is 13.8 Å². The van der Waals surface area contributed by atoms with Gasteiger partial charge in [-0.25, -0.2) is 4.79 Å². The van der Waals surface area contributed by atoms with Crippen molar-refractivity contribution in [2.24, 2.45) is 5.41 Å². The minimum Gasteiger partial charge on any atom is -0.496 e. The largest absolute Gasteiger partial charge is 0.496 e. The predicted molar refractivity (Wildman–Crippen MR) is 104 cm³/mol. The number of aliphatic carboxylic acids is 1. The lowest BCUT2D eigenvalue weighted by Crippen LogP contribution is -2.39. The number of benzene rings is 1. The van der Waals surface area contributed by atoms with E-state index < -0.39 is 17.5 Å². The molecule has 2 rings (SSSR count). The van der Waals surface area contributed by atoms with Crippen LogP contribution in [0.4, 0.5) is 0 Å². The summed E-state index contributed by atoms with van der Waals surface area (Å²) in [7, 11) is 3.08. The number of carboxylic acids is 1. The van der Waals surface area contributed by atoms with Crippen LogP contribution in [0.2, 0.25) is 0 Å². The summed E-state index contributed by atoms with van der Waals surface area (Å²) in [5, 5.41) is 9.57. The second-order valence-corrected chi connectivity index (χ2v) is 6.91. The SMILES string of the molecule is COc1ccccc1C(=O)C=CC1(C)C(C)=C(C)C(C(=O)O)=C(C)C1OC. The second kappa shape index (κ2) is 7.92. The molecule has 2 atom stereocenters. The first kappa shape index (κ1) is 20.6. The Kier molecular flexibility index (Phi) is 6.06. The molecule has 0 heterocycles. The number of carboxylic acid groups (broad SMARTS) is 1. The van der Waals surface area contributed by atoms with Crippen molar-refractivity contribution < 1.29 is 24.2 Å². The molecule has 1 aromatic carbocycles. The molecule has 2 unspecified atom stereocenters. The van der Waals surface area contributed by atoms with Crippen LogP contribution in [0.15, 0.2) is 58.7 Å². The van der Waals surface area contributed by atoms with Gasteiger partial charge in [-0.15, -0.1) is 0 Å². The van der Waals surface area contributed by atoms with Crippen molar-refractivity contribution in [3.8, 4) is 5.75 Å². The van der Waals surface area contributed by atoms with Crippen LogP contribution in [-0.4, -0.2) is 37.2 Å². The molecule has 0 aromatic heterocycles. The van der Waals surface area contributed by atoms with Crippen LogP contribution in [-0.2, 0) is 9.53 Å². The van der Waals surface area contributed by atoms with Crippen LogP contribution in [0, 0.1) is 5.41 Å². The number of hydrogen-bond donors (Lipinski definition) is 1. The maximum absolute atomic E-state index is 12.7. The third-order valence-corrected chi connectivity index (χ3v) is 5.48. The number of hydrogen-bond acceptors (Lipinski definition) is 4. The van der Waals surface area contributed by atoms with E-state index in [2.05, 4.69) is 0 Å². The summed E-state index contributed by atoms with van der Waals surface area (Å²) in [5.74, 6) is -0.640. The molecule has 1 aliphatic rings. The Bertz CT molecular complexity index is 859. The van der Waals surface area contributed by atoms with Crippen LogP contribution in [0.25, 0.3) is 0 Å². The highest BCUT2D eigenvalue weighted by Gasteiger charge is 2.42. The number of ether oxygens (including phenoxy) is 2. The Hall–Kier alpha value is -2.66. The Morgan fingerprint density at radius 1 is 1.15 bits per heavy atom. The number of allylic oxidation sites excluding steroid dienone is 1. The van der Waals surface area contributed by atoms with Crippen LogP contribution in [0.3, 0.4) is 0 Å². The molecule has 27 heavy (non-hydrogen) atoms. The lowest BCUT2D eigenvalue weighted by Gasteiger charge is -2.41. The lowest BCUT2D eigenvalue weighted by atomic mass is 9.67. The monoisotopic (exact) mass is 370 g/mol. The fraction of sp³-hybridized carbons (Fsp3) is 0.364. The fourth-order valence-electron chi connectivity index (χ4n) is 3.81. The van der Waals surface area contributed by atoms with Gasteiger partial charge in [-0.3, -0.25) is 4.79 Å². The third kappa shape index (κ3) is 3.60. The van der Waals surface area contributed by atoms with Gasteiger partial charge in [0.1, 0.15) is 5.75 Å². The van der Waals surface area contributed by atoms with Gasteiger partial charge in [0, 0.05) is 12.5 Å². The molecule has 144 valence electrons. The summed E-state index contributed by atoms with van der Waals surface area (Å²) in [5.41, 5.74) is 2.32. The predicted octanol–water partition coefficient (Wildman–Crippen LogP) is 4.21. The van der Waals surface area contributed by atoms with Gasteiger partial charge in [0.2, 0.25) is 0 Å². The smallest absolute Gasteiger partial charge is 0.335 e. The normalized spacial score (nSPS) is 23.1. The summed E-state index contributed by atoms with van der Waals surface area (Å²) in [6.07, 6.45) is 2.84. The molecule has 0 amide bonds. The Labute approximate surface area is 160 Å². The van der Waals surface area contributed by atoms with E-state index in [1.54, 1.807) is 51.3 Å². The van der Waals surface area contributed by atoms with E-state index in [4.69, 9.17) is 9.47 Å². The highest BCUT2D eigenvalue weighted by Crippen LogP contribution is 2.45. The highest BCUT2D eigenvalue weighted by atomic mass is 16.5. The molecule has 1 aliphatic carbocycles. The first-order chi connectivity index (χ1) is 12.7. The van der Waals surface area contributed by atoms with Crippen LogP contribution < -0.4 is 4.74 Å². The van der Waals surface area contributed by atoms with Gasteiger partial charge >= 0.3 is 5.97 Å². The first-order valence-electron chi connectivity index (χ1n) is 8.70. The summed E-state index contributed by atoms with van der Waals surface area (Å²) in [6, 6.07) is 7.04. The number of carbonyl (C=O) groups is 2. The molecule has 0 saturated carbocycles. The fourth-order valence-corrected chi connectivity index (χ4v) is 3.81. The van der Waals surface area contributed by atoms with Gasteiger partial charge in [0.25, 0.3) is 0 Å². The average molecular weight is 370 g/mol. The minimum absolute atomic E-state index is 0.181. The van der Waals surface area contributed by atoms with E-state index in [1.165, 1.54) is 13.2 Å². The van der Waals surface area contributed by atoms with Gasteiger partial charge in [-0.05, 0) is 57.0 Å². The maximum atomic E-state index is 12.7. The maximum Gasteiger partial charge on any atom is 0.335 e. The number of para-hydroxylation sites is 1. The quantitative estimate of drug-likeness (QED) is 0.600. The van der Waals surface area contributed by atoms with E-state index in [9.17, 15) is 14.7 Å². The van der Waals surface area contributed by atoms with Gasteiger partial charge in [-0.2, -0.15) is 0 Å². The van der Waals surface area contributed by atoms with Crippen molar-refractivity contribution in [1.82, 2.24) is 0 Å². The van der Waals surface area contributed by atoms with E-state index in [-0.39, 0.29) is 11.4 Å². The molecule has 0 aliphatic heterocycles. The molecule has 0 radical (unpaired) electrons. The zero-order valence-corrected chi connectivity index (χ0v) is 16.6. The van der Waals surface area contributed by atoms with Crippen molar-refractivity contribution in [3.63, 3.8) is 0 Å². The van der Waals surface area contributed by atoms with E-state index >= 15 is 0 Å². The standard InChI is InChI=1S/C22H26O5/c1-13-15(3)22(4,20(27-6)14(2)19(13)21(24)25)12-11-17(23)16-9-7-8-10-18(16)26-5/h7-12,20H,1-6H3,(H,24,25). The molecule has 5 heteroatoms. The summed E-state index contributed by atoms with van der Waals surface area (Å²) < 4.78 is 10.9. The average Bonchev–Trinajstić information content (AvgIpc) is 2.64. The lowest BCUT2D eigenvalue weighted by molar-refractivity contribution is -0.132. The van der Waals surface area contributed by atoms with Crippen molar-refractivity contribution in [2.75, 3.05) is 14.2 Å². The third-order valence-electron chi connectivity index (χ3n) is 5.48. The molecule has 5 nitrogen and oxygen atoms in total.